The number of hydrogen-bond acceptors (Lipinski definition) is 6. The molecular formula is C28H31N5O3S. The summed E-state index contributed by atoms with van der Waals surface area (Å²) in [5, 5.41) is -0.172. The average Bonchev–Trinajstić information content (AvgIpc) is 3.44. The van der Waals surface area contributed by atoms with Crippen molar-refractivity contribution in [2.75, 3.05) is 11.4 Å². The lowest BCUT2D eigenvalue weighted by Gasteiger charge is -2.36. The Kier molecular flexibility index (Phi) is 5.22. The van der Waals surface area contributed by atoms with Crippen molar-refractivity contribution < 1.29 is 13.2 Å². The van der Waals surface area contributed by atoms with Gasteiger partial charge in [0.2, 0.25) is 0 Å². The molecule has 0 saturated heterocycles. The number of nitrogens with one attached hydrogen (secondary N) is 1. The highest BCUT2D eigenvalue weighted by Crippen LogP contribution is 2.53. The van der Waals surface area contributed by atoms with Crippen LogP contribution < -0.4 is 9.62 Å². The number of aliphatic imine (C=N–C) groups is 1. The highest BCUT2D eigenvalue weighted by molar-refractivity contribution is 7.90. The van der Waals surface area contributed by atoms with Gasteiger partial charge >= 0.3 is 0 Å². The van der Waals surface area contributed by atoms with E-state index in [0.29, 0.717) is 29.4 Å². The molecule has 1 amide bonds. The maximum absolute atomic E-state index is 13.1. The monoisotopic (exact) mass is 517 g/mol. The van der Waals surface area contributed by atoms with Crippen molar-refractivity contribution in [3.8, 4) is 0 Å². The van der Waals surface area contributed by atoms with Crippen molar-refractivity contribution in [3.05, 3.63) is 65.7 Å². The number of aromatic nitrogens is 2. The second kappa shape index (κ2) is 8.41. The Bertz CT molecular complexity index is 1480. The molecule has 2 fully saturated rings. The molecule has 0 spiro atoms. The van der Waals surface area contributed by atoms with Gasteiger partial charge in [0.25, 0.3) is 15.9 Å². The van der Waals surface area contributed by atoms with Crippen LogP contribution in [0, 0.1) is 11.8 Å². The number of carbonyl (C=O) groups is 1. The summed E-state index contributed by atoms with van der Waals surface area (Å²) in [5.41, 5.74) is 5.10. The van der Waals surface area contributed by atoms with Crippen LogP contribution in [0.5, 0.6) is 0 Å². The minimum atomic E-state index is -4.06. The van der Waals surface area contributed by atoms with Crippen molar-refractivity contribution in [2.45, 2.75) is 61.6 Å². The van der Waals surface area contributed by atoms with Crippen LogP contribution >= 0.6 is 0 Å². The van der Waals surface area contributed by atoms with E-state index < -0.39 is 15.9 Å². The van der Waals surface area contributed by atoms with Gasteiger partial charge in [0, 0.05) is 42.9 Å². The molecule has 37 heavy (non-hydrogen) atoms. The van der Waals surface area contributed by atoms with Gasteiger partial charge in [0.15, 0.2) is 5.03 Å². The van der Waals surface area contributed by atoms with Crippen LogP contribution in [-0.2, 0) is 17.1 Å². The summed E-state index contributed by atoms with van der Waals surface area (Å²) in [7, 11) is -2.37. The summed E-state index contributed by atoms with van der Waals surface area (Å²) >= 11 is 0. The maximum Gasteiger partial charge on any atom is 0.283 e. The average molecular weight is 518 g/mol. The van der Waals surface area contributed by atoms with Crippen molar-refractivity contribution >= 4 is 27.3 Å². The number of carbonyl (C=O) groups excluding carboxylic acids is 1. The zero-order valence-electron chi connectivity index (χ0n) is 20.9. The molecule has 2 aliphatic carbocycles. The molecule has 1 aromatic carbocycles. The smallest absolute Gasteiger partial charge is 0.283 e. The lowest BCUT2D eigenvalue weighted by molar-refractivity contribution is 0.0981. The highest BCUT2D eigenvalue weighted by Gasteiger charge is 2.49. The number of hydrogen-bond donors (Lipinski definition) is 1. The van der Waals surface area contributed by atoms with Gasteiger partial charge in [0.1, 0.15) is 0 Å². The fourth-order valence-corrected chi connectivity index (χ4v) is 7.79. The summed E-state index contributed by atoms with van der Waals surface area (Å²) in [6, 6.07) is 6.37. The third-order valence-corrected chi connectivity index (χ3v) is 9.89. The summed E-state index contributed by atoms with van der Waals surface area (Å²) in [5.74, 6) is 0.845. The number of aryl methyl sites for hydroxylation is 1. The number of benzene rings is 1. The predicted molar refractivity (Wildman–Crippen MR) is 141 cm³/mol. The second-order valence-electron chi connectivity index (χ2n) is 11.1. The van der Waals surface area contributed by atoms with Gasteiger partial charge < -0.3 is 9.47 Å². The number of fused-ring (bicyclic) bond motifs is 6. The molecule has 0 radical (unpaired) electrons. The number of anilines is 1. The SMILES string of the molecule is Cn1cnc(S(=O)(=O)NC(=O)c2ccc3c(c2)N2CC=CC4=NC5CC5C=C4C2C3C2CCCCC2)c1. The third-order valence-electron chi connectivity index (χ3n) is 8.67. The molecule has 3 aliphatic heterocycles. The van der Waals surface area contributed by atoms with E-state index >= 15 is 0 Å². The number of rotatable bonds is 4. The van der Waals surface area contributed by atoms with Crippen LogP contribution in [-0.4, -0.2) is 48.2 Å². The minimum Gasteiger partial charge on any atom is -0.360 e. The van der Waals surface area contributed by atoms with Crippen molar-refractivity contribution in [1.82, 2.24) is 14.3 Å². The van der Waals surface area contributed by atoms with Crippen LogP contribution in [0.2, 0.25) is 0 Å². The summed E-state index contributed by atoms with van der Waals surface area (Å²) in [6.45, 7) is 0.740. The Morgan fingerprint density at radius 1 is 1.16 bits per heavy atom. The highest BCUT2D eigenvalue weighted by atomic mass is 32.2. The zero-order chi connectivity index (χ0) is 25.3. The molecule has 0 bridgehead atoms. The number of sulfonamides is 1. The lowest BCUT2D eigenvalue weighted by Crippen LogP contribution is -2.40. The molecular weight excluding hydrogens is 486 g/mol. The fourth-order valence-electron chi connectivity index (χ4n) is 6.83. The van der Waals surface area contributed by atoms with Crippen LogP contribution in [0.4, 0.5) is 5.69 Å². The summed E-state index contributed by atoms with van der Waals surface area (Å²) in [6.07, 6.45) is 17.0. The van der Waals surface area contributed by atoms with Crippen LogP contribution in [0.15, 0.2) is 64.5 Å². The molecule has 4 heterocycles. The second-order valence-corrected chi connectivity index (χ2v) is 12.7. The first-order valence-electron chi connectivity index (χ1n) is 13.3. The van der Waals surface area contributed by atoms with Gasteiger partial charge in [-0.2, -0.15) is 8.42 Å². The fraction of sp³-hybridized carbons (Fsp3) is 0.464. The molecule has 1 N–H and O–H groups in total. The van der Waals surface area contributed by atoms with Gasteiger partial charge in [-0.15, -0.1) is 0 Å². The quantitative estimate of drug-likeness (QED) is 0.667. The van der Waals surface area contributed by atoms with E-state index in [-0.39, 0.29) is 11.1 Å². The summed E-state index contributed by atoms with van der Waals surface area (Å²) in [4.78, 5) is 24.5. The molecule has 4 unspecified atom stereocenters. The van der Waals surface area contributed by atoms with Crippen molar-refractivity contribution in [1.29, 1.82) is 0 Å². The maximum atomic E-state index is 13.1. The van der Waals surface area contributed by atoms with Crippen LogP contribution in [0.3, 0.4) is 0 Å². The first-order valence-corrected chi connectivity index (χ1v) is 14.8. The first-order chi connectivity index (χ1) is 17.9. The van der Waals surface area contributed by atoms with Crippen molar-refractivity contribution in [2.24, 2.45) is 23.9 Å². The zero-order valence-corrected chi connectivity index (χ0v) is 21.7. The first kappa shape index (κ1) is 23.0. The van der Waals surface area contributed by atoms with E-state index in [0.717, 1.165) is 24.4 Å². The molecule has 5 aliphatic rings. The van der Waals surface area contributed by atoms with E-state index in [1.165, 1.54) is 60.3 Å². The van der Waals surface area contributed by atoms with Crippen LogP contribution in [0.25, 0.3) is 0 Å². The molecule has 192 valence electrons. The molecule has 2 saturated carbocycles. The van der Waals surface area contributed by atoms with Gasteiger partial charge in [-0.1, -0.05) is 37.5 Å². The Morgan fingerprint density at radius 2 is 2.00 bits per heavy atom. The summed E-state index contributed by atoms with van der Waals surface area (Å²) < 4.78 is 29.2. The van der Waals surface area contributed by atoms with E-state index in [4.69, 9.17) is 4.99 Å². The number of dihydropyridines is 1. The van der Waals surface area contributed by atoms with Crippen molar-refractivity contribution in [3.63, 3.8) is 0 Å². The van der Waals surface area contributed by atoms with Crippen LogP contribution in [0.1, 0.15) is 60.4 Å². The van der Waals surface area contributed by atoms with Gasteiger partial charge in [-0.05, 0) is 54.5 Å². The normalized spacial score (nSPS) is 28.3. The van der Waals surface area contributed by atoms with E-state index in [1.54, 1.807) is 13.1 Å². The van der Waals surface area contributed by atoms with E-state index in [1.807, 2.05) is 6.07 Å². The molecule has 9 heteroatoms. The number of nitrogens with zero attached hydrogens (tertiary/aromatic N) is 4. The Morgan fingerprint density at radius 3 is 2.78 bits per heavy atom. The van der Waals surface area contributed by atoms with Gasteiger partial charge in [-0.25, -0.2) is 9.71 Å². The minimum absolute atomic E-state index is 0.172. The largest absolute Gasteiger partial charge is 0.360 e. The van der Waals surface area contributed by atoms with E-state index in [9.17, 15) is 13.2 Å². The molecule has 4 atom stereocenters. The topological polar surface area (TPSA) is 96.7 Å². The Labute approximate surface area is 217 Å². The molecule has 2 aromatic rings. The third kappa shape index (κ3) is 3.86. The number of allylic oxidation sites excluding steroid dienone is 1. The van der Waals surface area contributed by atoms with Gasteiger partial charge in [0.05, 0.1) is 24.1 Å². The van der Waals surface area contributed by atoms with E-state index in [2.05, 4.69) is 38.9 Å². The predicted octanol–water partition coefficient (Wildman–Crippen LogP) is 3.73. The number of amides is 1. The molecule has 8 nitrogen and oxygen atoms in total. The Balaban J connectivity index is 1.26. The Hall–Kier alpha value is -3.20. The number of imidazole rings is 1. The molecule has 7 rings (SSSR count). The standard InChI is InChI=1S/C28H31N5O3S/c1-32-15-25(29-16-32)37(35,36)31-28(34)18-9-10-20-24(14-18)33-11-5-8-22-21(12-19-13-23(19)30-22)27(33)26(20)17-6-3-2-4-7-17/h5,8-10,12,14-17,19,23,26-27H,2-4,6-7,11,13H2,1H3,(H,31,34). The lowest BCUT2D eigenvalue weighted by atomic mass is 9.72. The molecule has 1 aromatic heterocycles. The van der Waals surface area contributed by atoms with Gasteiger partial charge in [-0.3, -0.25) is 9.79 Å².